The molecule has 1 aromatic heterocycles. The van der Waals surface area contributed by atoms with E-state index in [9.17, 15) is 0 Å². The molecular formula is C20H29N5. The highest BCUT2D eigenvalue weighted by atomic mass is 15.2. The lowest BCUT2D eigenvalue weighted by molar-refractivity contribution is 0.401. The molecular weight excluding hydrogens is 310 g/mol. The van der Waals surface area contributed by atoms with E-state index in [1.807, 2.05) is 24.4 Å². The topological polar surface area (TPSA) is 52.6 Å². The highest BCUT2D eigenvalue weighted by Crippen LogP contribution is 2.11. The molecule has 134 valence electrons. The van der Waals surface area contributed by atoms with Gasteiger partial charge in [0.25, 0.3) is 0 Å². The molecule has 0 radical (unpaired) electrons. The SMILES string of the molecule is CCNC(=NCc1ccccc1CN(C)C)NCCc1ccccn1. The minimum atomic E-state index is 0.670. The van der Waals surface area contributed by atoms with E-state index in [2.05, 4.69) is 65.8 Å². The summed E-state index contributed by atoms with van der Waals surface area (Å²) in [6.45, 7) is 5.32. The summed E-state index contributed by atoms with van der Waals surface area (Å²) in [4.78, 5) is 11.3. The zero-order chi connectivity index (χ0) is 17.9. The summed E-state index contributed by atoms with van der Waals surface area (Å²) < 4.78 is 0. The first-order chi connectivity index (χ1) is 12.2. The minimum absolute atomic E-state index is 0.670. The van der Waals surface area contributed by atoms with E-state index < -0.39 is 0 Å². The van der Waals surface area contributed by atoms with E-state index in [-0.39, 0.29) is 0 Å². The number of guanidine groups is 1. The Labute approximate surface area is 151 Å². The van der Waals surface area contributed by atoms with Crippen molar-refractivity contribution in [2.24, 2.45) is 4.99 Å². The number of rotatable bonds is 8. The summed E-state index contributed by atoms with van der Waals surface area (Å²) in [7, 11) is 4.17. The molecule has 0 saturated heterocycles. The number of benzene rings is 1. The number of hydrogen-bond acceptors (Lipinski definition) is 3. The highest BCUT2D eigenvalue weighted by Gasteiger charge is 2.04. The summed E-state index contributed by atoms with van der Waals surface area (Å²) in [6.07, 6.45) is 2.71. The van der Waals surface area contributed by atoms with Crippen LogP contribution in [0.2, 0.25) is 0 Å². The molecule has 25 heavy (non-hydrogen) atoms. The Bertz CT molecular complexity index is 652. The smallest absolute Gasteiger partial charge is 0.191 e. The van der Waals surface area contributed by atoms with E-state index >= 15 is 0 Å². The molecule has 0 bridgehead atoms. The van der Waals surface area contributed by atoms with Crippen LogP contribution >= 0.6 is 0 Å². The van der Waals surface area contributed by atoms with Crippen LogP contribution in [0.15, 0.2) is 53.7 Å². The molecule has 1 aromatic carbocycles. The van der Waals surface area contributed by atoms with E-state index in [1.165, 1.54) is 11.1 Å². The van der Waals surface area contributed by atoms with Crippen LogP contribution < -0.4 is 10.6 Å². The van der Waals surface area contributed by atoms with Crippen LogP contribution in [0.3, 0.4) is 0 Å². The van der Waals surface area contributed by atoms with Crippen molar-refractivity contribution in [1.82, 2.24) is 20.5 Å². The predicted octanol–water partition coefficient (Wildman–Crippen LogP) is 2.44. The Morgan fingerprint density at radius 3 is 2.48 bits per heavy atom. The van der Waals surface area contributed by atoms with Crippen molar-refractivity contribution in [1.29, 1.82) is 0 Å². The molecule has 2 rings (SSSR count). The average Bonchev–Trinajstić information content (AvgIpc) is 2.61. The van der Waals surface area contributed by atoms with Gasteiger partial charge in [-0.3, -0.25) is 4.98 Å². The van der Waals surface area contributed by atoms with Gasteiger partial charge in [-0.2, -0.15) is 0 Å². The molecule has 0 fully saturated rings. The summed E-state index contributed by atoms with van der Waals surface area (Å²) in [6, 6.07) is 14.5. The van der Waals surface area contributed by atoms with Crippen molar-refractivity contribution in [3.05, 3.63) is 65.5 Å². The van der Waals surface area contributed by atoms with Gasteiger partial charge in [0.1, 0.15) is 0 Å². The molecule has 0 atom stereocenters. The molecule has 1 heterocycles. The number of nitrogens with zero attached hydrogens (tertiary/aromatic N) is 3. The van der Waals surface area contributed by atoms with Crippen LogP contribution in [0, 0.1) is 0 Å². The van der Waals surface area contributed by atoms with Crippen LogP contribution in [0.25, 0.3) is 0 Å². The van der Waals surface area contributed by atoms with Crippen molar-refractivity contribution in [2.75, 3.05) is 27.2 Å². The zero-order valence-electron chi connectivity index (χ0n) is 15.5. The fourth-order valence-corrected chi connectivity index (χ4v) is 2.57. The minimum Gasteiger partial charge on any atom is -0.357 e. The Kier molecular flexibility index (Phi) is 7.92. The van der Waals surface area contributed by atoms with Crippen LogP contribution in [0.5, 0.6) is 0 Å². The van der Waals surface area contributed by atoms with Gasteiger partial charge in [-0.25, -0.2) is 4.99 Å². The maximum Gasteiger partial charge on any atom is 0.191 e. The molecule has 5 nitrogen and oxygen atoms in total. The first-order valence-electron chi connectivity index (χ1n) is 8.82. The van der Waals surface area contributed by atoms with Crippen molar-refractivity contribution in [2.45, 2.75) is 26.4 Å². The van der Waals surface area contributed by atoms with Crippen molar-refractivity contribution in [3.8, 4) is 0 Å². The molecule has 0 amide bonds. The van der Waals surface area contributed by atoms with Crippen LogP contribution in [-0.4, -0.2) is 43.0 Å². The summed E-state index contributed by atoms with van der Waals surface area (Å²) >= 11 is 0. The van der Waals surface area contributed by atoms with Gasteiger partial charge in [-0.15, -0.1) is 0 Å². The molecule has 0 unspecified atom stereocenters. The molecule has 2 N–H and O–H groups in total. The largest absolute Gasteiger partial charge is 0.357 e. The number of nitrogens with one attached hydrogen (secondary N) is 2. The predicted molar refractivity (Wildman–Crippen MR) is 105 cm³/mol. The second-order valence-corrected chi connectivity index (χ2v) is 6.20. The maximum atomic E-state index is 4.74. The first kappa shape index (κ1) is 18.9. The summed E-state index contributed by atoms with van der Waals surface area (Å²) in [5.74, 6) is 0.845. The van der Waals surface area contributed by atoms with Gasteiger partial charge in [0, 0.05) is 37.9 Å². The lowest BCUT2D eigenvalue weighted by Gasteiger charge is -2.14. The Hall–Kier alpha value is -2.40. The van der Waals surface area contributed by atoms with Crippen molar-refractivity contribution < 1.29 is 0 Å². The molecule has 0 saturated carbocycles. The van der Waals surface area contributed by atoms with Crippen LogP contribution in [-0.2, 0) is 19.5 Å². The standard InChI is InChI=1S/C20H29N5/c1-4-21-20(23-14-12-19-11-7-8-13-22-19)24-15-17-9-5-6-10-18(17)16-25(2)3/h5-11,13H,4,12,14-16H2,1-3H3,(H2,21,23,24). The third-order valence-electron chi connectivity index (χ3n) is 3.76. The second kappa shape index (κ2) is 10.5. The molecule has 0 aliphatic rings. The highest BCUT2D eigenvalue weighted by molar-refractivity contribution is 5.79. The summed E-state index contributed by atoms with van der Waals surface area (Å²) in [5, 5.41) is 6.70. The van der Waals surface area contributed by atoms with E-state index in [0.29, 0.717) is 6.54 Å². The van der Waals surface area contributed by atoms with Gasteiger partial charge in [0.15, 0.2) is 5.96 Å². The van der Waals surface area contributed by atoms with E-state index in [1.54, 1.807) is 0 Å². The number of aliphatic imine (C=N–C) groups is 1. The van der Waals surface area contributed by atoms with E-state index in [4.69, 9.17) is 4.99 Å². The lowest BCUT2D eigenvalue weighted by atomic mass is 10.1. The maximum absolute atomic E-state index is 4.74. The van der Waals surface area contributed by atoms with E-state index in [0.717, 1.165) is 37.7 Å². The molecule has 0 spiro atoms. The van der Waals surface area contributed by atoms with Crippen molar-refractivity contribution >= 4 is 5.96 Å². The van der Waals surface area contributed by atoms with Gasteiger partial charge >= 0.3 is 0 Å². The lowest BCUT2D eigenvalue weighted by Crippen LogP contribution is -2.38. The molecule has 0 aliphatic heterocycles. The Morgan fingerprint density at radius 2 is 1.80 bits per heavy atom. The van der Waals surface area contributed by atoms with Crippen molar-refractivity contribution in [3.63, 3.8) is 0 Å². The van der Waals surface area contributed by atoms with Gasteiger partial charge in [0.2, 0.25) is 0 Å². The van der Waals surface area contributed by atoms with Crippen LogP contribution in [0.4, 0.5) is 0 Å². The fourth-order valence-electron chi connectivity index (χ4n) is 2.57. The number of aromatic nitrogens is 1. The van der Waals surface area contributed by atoms with Gasteiger partial charge in [-0.1, -0.05) is 30.3 Å². The molecule has 5 heteroatoms. The second-order valence-electron chi connectivity index (χ2n) is 6.20. The fraction of sp³-hybridized carbons (Fsp3) is 0.400. The van der Waals surface area contributed by atoms with Crippen LogP contribution in [0.1, 0.15) is 23.7 Å². The molecule has 2 aromatic rings. The van der Waals surface area contributed by atoms with Gasteiger partial charge in [0.05, 0.1) is 6.54 Å². The monoisotopic (exact) mass is 339 g/mol. The Balaban J connectivity index is 1.95. The van der Waals surface area contributed by atoms with Gasteiger partial charge in [-0.05, 0) is 44.3 Å². The van der Waals surface area contributed by atoms with Gasteiger partial charge < -0.3 is 15.5 Å². The third-order valence-corrected chi connectivity index (χ3v) is 3.76. The first-order valence-corrected chi connectivity index (χ1v) is 8.82. The molecule has 0 aliphatic carbocycles. The summed E-state index contributed by atoms with van der Waals surface area (Å²) in [5.41, 5.74) is 3.67. The zero-order valence-corrected chi connectivity index (χ0v) is 15.5. The third kappa shape index (κ3) is 6.93. The number of pyridine rings is 1. The number of hydrogen-bond donors (Lipinski definition) is 2. The Morgan fingerprint density at radius 1 is 1.04 bits per heavy atom. The average molecular weight is 339 g/mol. The quantitative estimate of drug-likeness (QED) is 0.573. The normalized spacial score (nSPS) is 11.6.